The predicted molar refractivity (Wildman–Crippen MR) is 130 cm³/mol. The highest BCUT2D eigenvalue weighted by molar-refractivity contribution is 8.01. The summed E-state index contributed by atoms with van der Waals surface area (Å²) in [7, 11) is 0. The average molecular weight is 489 g/mol. The normalized spacial score (nSPS) is 12.1. The molecule has 0 aliphatic rings. The molecule has 1 aromatic carbocycles. The molecule has 1 heterocycles. The predicted octanol–water partition coefficient (Wildman–Crippen LogP) is 5.71. The van der Waals surface area contributed by atoms with E-state index in [9.17, 15) is 13.6 Å². The van der Waals surface area contributed by atoms with E-state index >= 15 is 0 Å². The number of rotatable bonds is 9. The molecular weight excluding hydrogens is 462 g/mol. The number of carbonyl (C=O) groups excluding carboxylic acids is 1. The smallest absolute Gasteiger partial charge is 0.271 e. The second-order valence-corrected chi connectivity index (χ2v) is 7.99. The maximum Gasteiger partial charge on any atom is 0.271 e. The van der Waals surface area contributed by atoms with Crippen molar-refractivity contribution in [1.29, 1.82) is 0 Å². The Morgan fingerprint density at radius 1 is 1.32 bits per heavy atom. The Bertz CT molecular complexity index is 861. The van der Waals surface area contributed by atoms with Crippen LogP contribution in [0, 0.1) is 5.82 Å². The summed E-state index contributed by atoms with van der Waals surface area (Å²) in [5.74, 6) is -0.621. The number of benzene rings is 1. The van der Waals surface area contributed by atoms with E-state index in [2.05, 4.69) is 33.2 Å². The second kappa shape index (κ2) is 13.5. The number of amides is 1. The van der Waals surface area contributed by atoms with Crippen molar-refractivity contribution in [3.8, 4) is 0 Å². The van der Waals surface area contributed by atoms with Crippen LogP contribution in [0.1, 0.15) is 42.4 Å². The molecule has 31 heavy (non-hydrogen) atoms. The molecule has 0 radical (unpaired) electrons. The van der Waals surface area contributed by atoms with Crippen LogP contribution in [0.25, 0.3) is 0 Å². The lowest BCUT2D eigenvalue weighted by atomic mass is 9.95. The molecule has 170 valence electrons. The molecule has 10 heteroatoms. The minimum absolute atomic E-state index is 0.0296. The molecule has 0 saturated heterocycles. The standard InChI is InChI=1S/C20H23ClF2N4OS.CH4S/c1-20(2,23)10-15(13-6-4-7-14(22)18(13)21)27-17-12-25-16(11-26-17)19(28)24-8-5-9-29-3;1-2/h4-7,9,11-12,15H,8,10H2,1-3H3,(H,24,28)(H,26,27);2H,1H3/b9-5+;. The van der Waals surface area contributed by atoms with Crippen molar-refractivity contribution in [2.75, 3.05) is 24.4 Å². The lowest BCUT2D eigenvalue weighted by molar-refractivity contribution is 0.0952. The first-order chi connectivity index (χ1) is 14.7. The molecule has 0 bridgehead atoms. The highest BCUT2D eigenvalue weighted by Gasteiger charge is 2.26. The molecule has 0 spiro atoms. The van der Waals surface area contributed by atoms with Crippen molar-refractivity contribution < 1.29 is 13.6 Å². The van der Waals surface area contributed by atoms with Gasteiger partial charge in [-0.1, -0.05) is 29.8 Å². The summed E-state index contributed by atoms with van der Waals surface area (Å²) in [6, 6.07) is 3.75. The van der Waals surface area contributed by atoms with Gasteiger partial charge in [-0.05, 0) is 43.4 Å². The Morgan fingerprint density at radius 3 is 2.61 bits per heavy atom. The topological polar surface area (TPSA) is 66.9 Å². The number of carbonyl (C=O) groups is 1. The minimum Gasteiger partial charge on any atom is -0.362 e. The number of hydrogen-bond donors (Lipinski definition) is 3. The van der Waals surface area contributed by atoms with Gasteiger partial charge in [0.2, 0.25) is 0 Å². The fourth-order valence-electron chi connectivity index (χ4n) is 2.60. The van der Waals surface area contributed by atoms with Gasteiger partial charge in [0.25, 0.3) is 5.91 Å². The van der Waals surface area contributed by atoms with E-state index in [0.717, 1.165) is 0 Å². The highest BCUT2D eigenvalue weighted by Crippen LogP contribution is 2.34. The lowest BCUT2D eigenvalue weighted by Gasteiger charge is -2.26. The largest absolute Gasteiger partial charge is 0.362 e. The first-order valence-corrected chi connectivity index (χ1v) is 11.9. The minimum atomic E-state index is -1.54. The van der Waals surface area contributed by atoms with E-state index in [-0.39, 0.29) is 23.0 Å². The average Bonchev–Trinajstić information content (AvgIpc) is 2.73. The van der Waals surface area contributed by atoms with Crippen molar-refractivity contribution in [2.45, 2.75) is 32.0 Å². The van der Waals surface area contributed by atoms with E-state index in [0.29, 0.717) is 17.9 Å². The van der Waals surface area contributed by atoms with Gasteiger partial charge in [0.15, 0.2) is 0 Å². The first kappa shape index (κ1) is 27.2. The number of thioether (sulfide) groups is 1. The fraction of sp³-hybridized carbons (Fsp3) is 0.381. The monoisotopic (exact) mass is 488 g/mol. The maximum atomic E-state index is 14.3. The van der Waals surface area contributed by atoms with Crippen LogP contribution in [0.4, 0.5) is 14.6 Å². The zero-order chi connectivity index (χ0) is 23.4. The molecule has 1 unspecified atom stereocenters. The van der Waals surface area contributed by atoms with Crippen LogP contribution in [-0.4, -0.2) is 40.6 Å². The highest BCUT2D eigenvalue weighted by atomic mass is 35.5. The molecule has 1 atom stereocenters. The molecule has 0 fully saturated rings. The Kier molecular flexibility index (Phi) is 11.9. The van der Waals surface area contributed by atoms with E-state index in [1.165, 1.54) is 50.1 Å². The van der Waals surface area contributed by atoms with Crippen LogP contribution in [0.15, 0.2) is 42.1 Å². The third kappa shape index (κ3) is 9.45. The van der Waals surface area contributed by atoms with E-state index < -0.39 is 17.5 Å². The summed E-state index contributed by atoms with van der Waals surface area (Å²) in [6.45, 7) is 3.24. The maximum absolute atomic E-state index is 14.3. The molecule has 1 aromatic heterocycles. The van der Waals surface area contributed by atoms with Crippen molar-refractivity contribution in [3.05, 3.63) is 64.2 Å². The Balaban J connectivity index is 0.00000233. The van der Waals surface area contributed by atoms with Gasteiger partial charge in [-0.2, -0.15) is 12.6 Å². The first-order valence-electron chi connectivity index (χ1n) is 9.33. The molecule has 2 rings (SSSR count). The molecule has 0 aliphatic carbocycles. The molecule has 2 N–H and O–H groups in total. The van der Waals surface area contributed by atoms with E-state index in [4.69, 9.17) is 11.6 Å². The van der Waals surface area contributed by atoms with Gasteiger partial charge < -0.3 is 10.6 Å². The van der Waals surface area contributed by atoms with Crippen LogP contribution < -0.4 is 10.6 Å². The third-order valence-electron chi connectivity index (χ3n) is 3.87. The van der Waals surface area contributed by atoms with Crippen LogP contribution in [0.2, 0.25) is 5.02 Å². The van der Waals surface area contributed by atoms with Gasteiger partial charge >= 0.3 is 0 Å². The van der Waals surface area contributed by atoms with Gasteiger partial charge in [-0.25, -0.2) is 18.7 Å². The van der Waals surface area contributed by atoms with Crippen LogP contribution >= 0.6 is 36.0 Å². The van der Waals surface area contributed by atoms with E-state index in [1.54, 1.807) is 12.3 Å². The fourth-order valence-corrected chi connectivity index (χ4v) is 3.14. The molecule has 0 saturated carbocycles. The van der Waals surface area contributed by atoms with Crippen molar-refractivity contribution in [2.24, 2.45) is 0 Å². The van der Waals surface area contributed by atoms with Crippen LogP contribution in [0.3, 0.4) is 0 Å². The Hall–Kier alpha value is -1.84. The SMILES string of the molecule is CS.CS/C=C/CNC(=O)c1cnc(NC(CC(C)(C)F)c2cccc(F)c2Cl)cn1. The van der Waals surface area contributed by atoms with Crippen molar-refractivity contribution >= 4 is 47.7 Å². The van der Waals surface area contributed by atoms with Gasteiger partial charge in [0.05, 0.1) is 23.5 Å². The van der Waals surface area contributed by atoms with Crippen molar-refractivity contribution in [3.63, 3.8) is 0 Å². The molecule has 0 aliphatic heterocycles. The van der Waals surface area contributed by atoms with Crippen LogP contribution in [-0.2, 0) is 0 Å². The number of alkyl halides is 1. The third-order valence-corrected chi connectivity index (χ3v) is 4.73. The second-order valence-electron chi connectivity index (χ2n) is 6.87. The summed E-state index contributed by atoms with van der Waals surface area (Å²) >= 11 is 11.1. The summed E-state index contributed by atoms with van der Waals surface area (Å²) in [5.41, 5.74) is -0.967. The Morgan fingerprint density at radius 2 is 2.03 bits per heavy atom. The van der Waals surface area contributed by atoms with Gasteiger partial charge in [-0.15, -0.1) is 11.8 Å². The molecule has 2 aromatic rings. The number of nitrogens with one attached hydrogen (secondary N) is 2. The lowest BCUT2D eigenvalue weighted by Crippen LogP contribution is -2.25. The molecule has 1 amide bonds. The quantitative estimate of drug-likeness (QED) is 0.394. The van der Waals surface area contributed by atoms with Gasteiger partial charge in [-0.3, -0.25) is 4.79 Å². The van der Waals surface area contributed by atoms with Gasteiger partial charge in [0, 0.05) is 13.0 Å². The summed E-state index contributed by atoms with van der Waals surface area (Å²) < 4.78 is 28.2. The molecule has 5 nitrogen and oxygen atoms in total. The number of halogens is 3. The summed E-state index contributed by atoms with van der Waals surface area (Å²) in [5, 5.41) is 7.52. The van der Waals surface area contributed by atoms with Crippen LogP contribution in [0.5, 0.6) is 0 Å². The number of hydrogen-bond acceptors (Lipinski definition) is 6. The summed E-state index contributed by atoms with van der Waals surface area (Å²) in [6.07, 6.45) is 8.16. The van der Waals surface area contributed by atoms with E-state index in [1.807, 2.05) is 17.7 Å². The summed E-state index contributed by atoms with van der Waals surface area (Å²) in [4.78, 5) is 20.3. The molecular formula is C21H27ClF2N4OS2. The zero-order valence-corrected chi connectivity index (χ0v) is 20.3. The number of anilines is 1. The number of aromatic nitrogens is 2. The van der Waals surface area contributed by atoms with Gasteiger partial charge in [0.1, 0.15) is 23.0 Å². The van der Waals surface area contributed by atoms with Crippen molar-refractivity contribution in [1.82, 2.24) is 15.3 Å². The Labute approximate surface area is 196 Å². The zero-order valence-electron chi connectivity index (χ0n) is 17.8. The number of thiol groups is 1. The number of nitrogens with zero attached hydrogens (tertiary/aromatic N) is 2.